The van der Waals surface area contributed by atoms with Crippen molar-refractivity contribution in [3.63, 3.8) is 0 Å². The normalized spacial score (nSPS) is 18.6. The molecule has 0 amide bonds. The molecule has 1 aliphatic heterocycles. The number of aromatic carboxylic acids is 1. The van der Waals surface area contributed by atoms with Gasteiger partial charge in [0.15, 0.2) is 0 Å². The summed E-state index contributed by atoms with van der Waals surface area (Å²) in [5.74, 6) is -0.588. The third-order valence-corrected chi connectivity index (χ3v) is 5.88. The Morgan fingerprint density at radius 3 is 2.70 bits per heavy atom. The van der Waals surface area contributed by atoms with Crippen LogP contribution >= 0.6 is 11.6 Å². The minimum Gasteiger partial charge on any atom is -0.478 e. The Balaban J connectivity index is 1.98. The number of hydrogen-bond donors (Lipinski definition) is 1. The highest BCUT2D eigenvalue weighted by Gasteiger charge is 2.34. The minimum absolute atomic E-state index is 0.0611. The van der Waals surface area contributed by atoms with E-state index in [-0.39, 0.29) is 16.1 Å². The van der Waals surface area contributed by atoms with Crippen molar-refractivity contribution in [3.8, 4) is 0 Å². The Kier molecular flexibility index (Phi) is 5.04. The van der Waals surface area contributed by atoms with Crippen LogP contribution in [0.25, 0.3) is 0 Å². The number of carboxylic acid groups (broad SMARTS) is 1. The van der Waals surface area contributed by atoms with Gasteiger partial charge >= 0.3 is 5.97 Å². The lowest BCUT2D eigenvalue weighted by Gasteiger charge is -2.45. The van der Waals surface area contributed by atoms with Crippen LogP contribution in [0.4, 0.5) is 11.4 Å². The summed E-state index contributed by atoms with van der Waals surface area (Å²) in [6.07, 6.45) is 2.90. The number of hydrogen-bond acceptors (Lipinski definition) is 3. The van der Waals surface area contributed by atoms with Crippen LogP contribution in [-0.4, -0.2) is 29.9 Å². The van der Waals surface area contributed by atoms with E-state index in [9.17, 15) is 9.90 Å². The summed E-state index contributed by atoms with van der Waals surface area (Å²) in [5, 5.41) is 9.42. The van der Waals surface area contributed by atoms with Crippen LogP contribution < -0.4 is 4.90 Å². The summed E-state index contributed by atoms with van der Waals surface area (Å²) >= 11 is 5.93. The van der Waals surface area contributed by atoms with E-state index in [0.29, 0.717) is 11.6 Å². The first-order chi connectivity index (χ1) is 12.6. The summed E-state index contributed by atoms with van der Waals surface area (Å²) < 4.78 is 0. The van der Waals surface area contributed by atoms with Gasteiger partial charge in [-0.2, -0.15) is 0 Å². The Bertz CT molecular complexity index is 934. The molecule has 0 saturated heterocycles. The number of rotatable bonds is 3. The molecule has 1 unspecified atom stereocenters. The average molecular weight is 385 g/mol. The monoisotopic (exact) mass is 384 g/mol. The largest absolute Gasteiger partial charge is 0.478 e. The molecule has 0 spiro atoms. The highest BCUT2D eigenvalue weighted by atomic mass is 35.5. The van der Waals surface area contributed by atoms with E-state index >= 15 is 0 Å². The summed E-state index contributed by atoms with van der Waals surface area (Å²) in [7, 11) is 2.15. The number of carbonyl (C=O) groups is 1. The smallest absolute Gasteiger partial charge is 0.337 e. The van der Waals surface area contributed by atoms with Gasteiger partial charge in [-0.25, -0.2) is 4.79 Å². The van der Waals surface area contributed by atoms with E-state index in [1.165, 1.54) is 17.3 Å². The maximum atomic E-state index is 11.2. The molecule has 2 aromatic rings. The van der Waals surface area contributed by atoms with E-state index in [2.05, 4.69) is 56.8 Å². The fourth-order valence-corrected chi connectivity index (χ4v) is 3.97. The van der Waals surface area contributed by atoms with Gasteiger partial charge in [-0.05, 0) is 80.1 Å². The number of carboxylic acids is 1. The SMILES string of the molecule is Cc1cc2c(cc1C=Nc1ccc(Cl)c(C(=O)O)c1)C(C)CC(C)(C)N2C. The topological polar surface area (TPSA) is 52.9 Å². The van der Waals surface area contributed by atoms with Gasteiger partial charge in [-0.3, -0.25) is 4.99 Å². The van der Waals surface area contributed by atoms with Crippen LogP contribution in [0.2, 0.25) is 5.02 Å². The molecule has 1 aliphatic rings. The second-order valence-corrected chi connectivity index (χ2v) is 8.38. The van der Waals surface area contributed by atoms with E-state index in [0.717, 1.165) is 17.5 Å². The van der Waals surface area contributed by atoms with E-state index in [4.69, 9.17) is 11.6 Å². The minimum atomic E-state index is -1.05. The first-order valence-corrected chi connectivity index (χ1v) is 9.43. The number of fused-ring (bicyclic) bond motifs is 1. The number of aliphatic imine (C=N–C) groups is 1. The molecule has 1 heterocycles. The van der Waals surface area contributed by atoms with Gasteiger partial charge in [0.25, 0.3) is 0 Å². The van der Waals surface area contributed by atoms with Crippen molar-refractivity contribution in [2.45, 2.75) is 45.6 Å². The highest BCUT2D eigenvalue weighted by molar-refractivity contribution is 6.33. The van der Waals surface area contributed by atoms with Crippen LogP contribution in [0.3, 0.4) is 0 Å². The highest BCUT2D eigenvalue weighted by Crippen LogP contribution is 2.43. The quantitative estimate of drug-likeness (QED) is 0.678. The molecule has 3 rings (SSSR count). The molecule has 0 aromatic heterocycles. The Morgan fingerprint density at radius 2 is 2.04 bits per heavy atom. The summed E-state index contributed by atoms with van der Waals surface area (Å²) in [6.45, 7) is 8.89. The van der Waals surface area contributed by atoms with E-state index in [1.54, 1.807) is 18.3 Å². The van der Waals surface area contributed by atoms with Gasteiger partial charge in [0.05, 0.1) is 16.3 Å². The zero-order chi connectivity index (χ0) is 19.9. The van der Waals surface area contributed by atoms with Crippen LogP contribution in [0, 0.1) is 6.92 Å². The molecule has 0 saturated carbocycles. The van der Waals surface area contributed by atoms with Gasteiger partial charge in [0.1, 0.15) is 0 Å². The maximum Gasteiger partial charge on any atom is 0.337 e. The van der Waals surface area contributed by atoms with Gasteiger partial charge < -0.3 is 10.0 Å². The standard InChI is InChI=1S/C22H25ClN2O2/c1-13-8-20-17(14(2)11-22(3,4)25(20)5)9-15(13)12-24-16-6-7-19(23)18(10-16)21(26)27/h6-10,12,14H,11H2,1-5H3,(H,26,27). The van der Waals surface area contributed by atoms with E-state index < -0.39 is 5.97 Å². The molecule has 0 bridgehead atoms. The summed E-state index contributed by atoms with van der Waals surface area (Å²) in [5.41, 5.74) is 5.54. The molecule has 5 heteroatoms. The summed E-state index contributed by atoms with van der Waals surface area (Å²) in [4.78, 5) is 18.1. The molecular weight excluding hydrogens is 360 g/mol. The lowest BCUT2D eigenvalue weighted by Crippen LogP contribution is -2.45. The molecule has 1 N–H and O–H groups in total. The van der Waals surface area contributed by atoms with Gasteiger partial charge in [-0.15, -0.1) is 0 Å². The zero-order valence-electron chi connectivity index (χ0n) is 16.4. The Morgan fingerprint density at radius 1 is 1.33 bits per heavy atom. The van der Waals surface area contributed by atoms with E-state index in [1.807, 2.05) is 0 Å². The van der Waals surface area contributed by atoms with Crippen molar-refractivity contribution in [3.05, 3.63) is 57.6 Å². The number of benzene rings is 2. The Labute approximate surface area is 165 Å². The van der Waals surface area contributed by atoms with Crippen LogP contribution in [0.1, 0.15) is 60.2 Å². The Hall–Kier alpha value is -2.33. The van der Waals surface area contributed by atoms with Crippen molar-refractivity contribution in [2.75, 3.05) is 11.9 Å². The first kappa shape index (κ1) is 19.4. The summed E-state index contributed by atoms with van der Waals surface area (Å²) in [6, 6.07) is 9.21. The average Bonchev–Trinajstić information content (AvgIpc) is 2.59. The third-order valence-electron chi connectivity index (χ3n) is 5.55. The molecule has 2 aromatic carbocycles. The van der Waals surface area contributed by atoms with Crippen molar-refractivity contribution in [2.24, 2.45) is 4.99 Å². The second kappa shape index (κ2) is 7.01. The lowest BCUT2D eigenvalue weighted by atomic mass is 9.79. The molecule has 27 heavy (non-hydrogen) atoms. The van der Waals surface area contributed by atoms with Gasteiger partial charge in [0, 0.05) is 24.5 Å². The molecule has 142 valence electrons. The zero-order valence-corrected chi connectivity index (χ0v) is 17.1. The van der Waals surface area contributed by atoms with Crippen LogP contribution in [-0.2, 0) is 0 Å². The molecule has 4 nitrogen and oxygen atoms in total. The first-order valence-electron chi connectivity index (χ1n) is 9.05. The fraction of sp³-hybridized carbons (Fsp3) is 0.364. The second-order valence-electron chi connectivity index (χ2n) is 7.97. The van der Waals surface area contributed by atoms with Gasteiger partial charge in [0.2, 0.25) is 0 Å². The van der Waals surface area contributed by atoms with Crippen molar-refractivity contribution in [1.82, 2.24) is 0 Å². The van der Waals surface area contributed by atoms with Crippen LogP contribution in [0.15, 0.2) is 35.3 Å². The maximum absolute atomic E-state index is 11.2. The van der Waals surface area contributed by atoms with Gasteiger partial charge in [-0.1, -0.05) is 18.5 Å². The number of aryl methyl sites for hydroxylation is 1. The lowest BCUT2D eigenvalue weighted by molar-refractivity contribution is 0.0697. The third kappa shape index (κ3) is 3.72. The van der Waals surface area contributed by atoms with Crippen molar-refractivity contribution < 1.29 is 9.90 Å². The molecule has 0 aliphatic carbocycles. The number of nitrogens with zero attached hydrogens (tertiary/aromatic N) is 2. The molecule has 0 fully saturated rings. The molecule has 1 atom stereocenters. The van der Waals surface area contributed by atoms with Crippen molar-refractivity contribution >= 4 is 35.2 Å². The van der Waals surface area contributed by atoms with Crippen LogP contribution in [0.5, 0.6) is 0 Å². The molecular formula is C22H25ClN2O2. The molecule has 0 radical (unpaired) electrons. The number of halogens is 1. The predicted octanol–water partition coefficient (Wildman–Crippen LogP) is 5.82. The number of anilines is 1. The van der Waals surface area contributed by atoms with Crippen molar-refractivity contribution in [1.29, 1.82) is 0 Å². The fourth-order valence-electron chi connectivity index (χ4n) is 3.78. The predicted molar refractivity (Wildman–Crippen MR) is 112 cm³/mol.